The molecule has 1 N–H and O–H groups in total. The van der Waals surface area contributed by atoms with Gasteiger partial charge in [0.05, 0.1) is 0 Å². The van der Waals surface area contributed by atoms with Gasteiger partial charge in [-0.3, -0.25) is 9.59 Å². The van der Waals surface area contributed by atoms with Crippen LogP contribution in [0.2, 0.25) is 0 Å². The highest BCUT2D eigenvalue weighted by Crippen LogP contribution is 2.24. The lowest BCUT2D eigenvalue weighted by molar-refractivity contribution is -0.138. The minimum Gasteiger partial charge on any atom is -0.344 e. The van der Waals surface area contributed by atoms with Crippen molar-refractivity contribution >= 4 is 23.6 Å². The predicted octanol–water partition coefficient (Wildman–Crippen LogP) is 4.09. The number of likely N-dealkylation sites (N-methyl/N-ethyl adjacent to an activating group) is 1. The van der Waals surface area contributed by atoms with Crippen LogP contribution in [0.1, 0.15) is 51.5 Å². The van der Waals surface area contributed by atoms with E-state index < -0.39 is 6.04 Å². The first-order valence-corrected chi connectivity index (χ1v) is 10.8. The number of carbonyl (C=O) groups is 2. The maximum absolute atomic E-state index is 12.9. The summed E-state index contributed by atoms with van der Waals surface area (Å²) in [6.07, 6.45) is 7.39. The van der Waals surface area contributed by atoms with Crippen molar-refractivity contribution in [3.8, 4) is 0 Å². The summed E-state index contributed by atoms with van der Waals surface area (Å²) in [5.74, 6) is 0.172. The molecule has 0 aliphatic heterocycles. The van der Waals surface area contributed by atoms with Crippen LogP contribution in [0.3, 0.4) is 0 Å². The second kappa shape index (κ2) is 10.0. The van der Waals surface area contributed by atoms with Gasteiger partial charge in [0.15, 0.2) is 0 Å². The van der Waals surface area contributed by atoms with Gasteiger partial charge in [-0.2, -0.15) is 0 Å². The van der Waals surface area contributed by atoms with E-state index in [9.17, 15) is 9.59 Å². The number of amides is 2. The monoisotopic (exact) mass is 376 g/mol. The molecule has 1 aromatic rings. The van der Waals surface area contributed by atoms with Gasteiger partial charge in [0.2, 0.25) is 11.8 Å². The number of rotatable bonds is 7. The first kappa shape index (κ1) is 20.8. The van der Waals surface area contributed by atoms with Crippen molar-refractivity contribution in [3.05, 3.63) is 29.8 Å². The summed E-state index contributed by atoms with van der Waals surface area (Å²) in [7, 11) is 1.81. The van der Waals surface area contributed by atoms with E-state index in [4.69, 9.17) is 0 Å². The van der Waals surface area contributed by atoms with Crippen LogP contribution >= 0.6 is 11.8 Å². The fourth-order valence-corrected chi connectivity index (χ4v) is 3.88. The molecule has 0 heterocycles. The molecule has 2 rings (SSSR count). The summed E-state index contributed by atoms with van der Waals surface area (Å²) in [6.45, 7) is 4.53. The second-order valence-electron chi connectivity index (χ2n) is 7.61. The second-order valence-corrected chi connectivity index (χ2v) is 8.49. The van der Waals surface area contributed by atoms with Crippen molar-refractivity contribution in [2.75, 3.05) is 13.3 Å². The van der Waals surface area contributed by atoms with Crippen LogP contribution in [0, 0.1) is 11.8 Å². The van der Waals surface area contributed by atoms with E-state index in [2.05, 4.69) is 29.6 Å². The number of carbonyl (C=O) groups excluding carboxylic acids is 2. The summed E-state index contributed by atoms with van der Waals surface area (Å²) in [4.78, 5) is 28.5. The van der Waals surface area contributed by atoms with Crippen LogP contribution in [0.4, 0.5) is 0 Å². The molecule has 0 bridgehead atoms. The van der Waals surface area contributed by atoms with Crippen LogP contribution in [-0.2, 0) is 16.1 Å². The Balaban J connectivity index is 1.97. The molecule has 4 nitrogen and oxygen atoms in total. The molecule has 0 spiro atoms. The van der Waals surface area contributed by atoms with Crippen LogP contribution < -0.4 is 5.32 Å². The first-order valence-electron chi connectivity index (χ1n) is 9.60. The van der Waals surface area contributed by atoms with E-state index in [0.717, 1.165) is 31.2 Å². The van der Waals surface area contributed by atoms with E-state index in [1.54, 1.807) is 16.7 Å². The molecule has 2 amide bonds. The molecule has 0 radical (unpaired) electrons. The van der Waals surface area contributed by atoms with Gasteiger partial charge in [0.25, 0.3) is 0 Å². The SMILES string of the molecule is CSc1ccc(CN(C)C(=O)C(NC(=O)C2CCCCC2)C(C)C)cc1. The topological polar surface area (TPSA) is 49.4 Å². The molecule has 26 heavy (non-hydrogen) atoms. The molecule has 1 aliphatic carbocycles. The van der Waals surface area contributed by atoms with E-state index in [-0.39, 0.29) is 23.7 Å². The molecule has 1 unspecified atom stereocenters. The molecule has 1 atom stereocenters. The Morgan fingerprint density at radius 3 is 2.31 bits per heavy atom. The Bertz CT molecular complexity index is 595. The minimum absolute atomic E-state index is 0.0156. The van der Waals surface area contributed by atoms with Gasteiger partial charge in [0, 0.05) is 24.4 Å². The largest absolute Gasteiger partial charge is 0.344 e. The smallest absolute Gasteiger partial charge is 0.245 e. The maximum atomic E-state index is 12.9. The fourth-order valence-electron chi connectivity index (χ4n) is 3.47. The van der Waals surface area contributed by atoms with Crippen molar-refractivity contribution < 1.29 is 9.59 Å². The third-order valence-corrected chi connectivity index (χ3v) is 5.91. The zero-order valence-corrected chi connectivity index (χ0v) is 17.3. The van der Waals surface area contributed by atoms with Gasteiger partial charge in [-0.05, 0) is 42.7 Å². The first-order chi connectivity index (χ1) is 12.4. The third-order valence-electron chi connectivity index (χ3n) is 5.16. The molecule has 0 aromatic heterocycles. The van der Waals surface area contributed by atoms with Gasteiger partial charge < -0.3 is 10.2 Å². The van der Waals surface area contributed by atoms with E-state index in [1.807, 2.05) is 27.2 Å². The normalized spacial score (nSPS) is 16.3. The van der Waals surface area contributed by atoms with Crippen LogP contribution in [0.5, 0.6) is 0 Å². The van der Waals surface area contributed by atoms with E-state index in [1.165, 1.54) is 11.3 Å². The molecule has 5 heteroatoms. The fraction of sp³-hybridized carbons (Fsp3) is 0.619. The summed E-state index contributed by atoms with van der Waals surface area (Å²) >= 11 is 1.70. The maximum Gasteiger partial charge on any atom is 0.245 e. The van der Waals surface area contributed by atoms with E-state index >= 15 is 0 Å². The number of hydrogen-bond donors (Lipinski definition) is 1. The lowest BCUT2D eigenvalue weighted by Gasteiger charge is -2.29. The van der Waals surface area contributed by atoms with Crippen molar-refractivity contribution in [1.82, 2.24) is 10.2 Å². The van der Waals surface area contributed by atoms with Crippen LogP contribution in [0.25, 0.3) is 0 Å². The van der Waals surface area contributed by atoms with Gasteiger partial charge in [-0.15, -0.1) is 11.8 Å². The van der Waals surface area contributed by atoms with Gasteiger partial charge in [-0.25, -0.2) is 0 Å². The Kier molecular flexibility index (Phi) is 8.01. The average Bonchev–Trinajstić information content (AvgIpc) is 2.66. The Morgan fingerprint density at radius 2 is 1.77 bits per heavy atom. The van der Waals surface area contributed by atoms with E-state index in [0.29, 0.717) is 6.54 Å². The van der Waals surface area contributed by atoms with Crippen LogP contribution in [0.15, 0.2) is 29.2 Å². The molecular formula is C21H32N2O2S. The number of benzene rings is 1. The minimum atomic E-state index is -0.458. The van der Waals surface area contributed by atoms with Crippen molar-refractivity contribution in [2.24, 2.45) is 11.8 Å². The number of hydrogen-bond acceptors (Lipinski definition) is 3. The highest BCUT2D eigenvalue weighted by molar-refractivity contribution is 7.98. The van der Waals surface area contributed by atoms with Gasteiger partial charge in [0.1, 0.15) is 6.04 Å². The number of nitrogens with zero attached hydrogens (tertiary/aromatic N) is 1. The lowest BCUT2D eigenvalue weighted by Crippen LogP contribution is -2.51. The lowest BCUT2D eigenvalue weighted by atomic mass is 9.88. The van der Waals surface area contributed by atoms with Gasteiger partial charge >= 0.3 is 0 Å². The molecule has 1 fully saturated rings. The molecule has 1 saturated carbocycles. The molecule has 0 saturated heterocycles. The number of thioether (sulfide) groups is 1. The zero-order valence-electron chi connectivity index (χ0n) is 16.5. The molecule has 1 aromatic carbocycles. The Morgan fingerprint density at radius 1 is 1.15 bits per heavy atom. The van der Waals surface area contributed by atoms with Crippen molar-refractivity contribution in [3.63, 3.8) is 0 Å². The summed E-state index contributed by atoms with van der Waals surface area (Å²) in [6, 6.07) is 7.80. The van der Waals surface area contributed by atoms with Crippen molar-refractivity contribution in [2.45, 2.75) is 63.4 Å². The molecular weight excluding hydrogens is 344 g/mol. The third kappa shape index (κ3) is 5.76. The standard InChI is InChI=1S/C21H32N2O2S/c1-15(2)19(22-20(24)17-8-6-5-7-9-17)21(25)23(3)14-16-10-12-18(26-4)13-11-16/h10-13,15,17,19H,5-9,14H2,1-4H3,(H,22,24). The summed E-state index contributed by atoms with van der Waals surface area (Å²) in [5, 5.41) is 3.04. The molecule has 1 aliphatic rings. The Labute approximate surface area is 162 Å². The van der Waals surface area contributed by atoms with Crippen molar-refractivity contribution in [1.29, 1.82) is 0 Å². The zero-order chi connectivity index (χ0) is 19.1. The molecule has 144 valence electrons. The van der Waals surface area contributed by atoms with Gasteiger partial charge in [-0.1, -0.05) is 45.2 Å². The Hall–Kier alpha value is -1.49. The highest BCUT2D eigenvalue weighted by Gasteiger charge is 2.30. The predicted molar refractivity (Wildman–Crippen MR) is 108 cm³/mol. The highest BCUT2D eigenvalue weighted by atomic mass is 32.2. The summed E-state index contributed by atoms with van der Waals surface area (Å²) in [5.41, 5.74) is 1.10. The number of nitrogens with one attached hydrogen (secondary N) is 1. The quantitative estimate of drug-likeness (QED) is 0.729. The summed E-state index contributed by atoms with van der Waals surface area (Å²) < 4.78 is 0. The van der Waals surface area contributed by atoms with Crippen LogP contribution in [-0.4, -0.2) is 36.1 Å². The average molecular weight is 377 g/mol.